The third-order valence-electron chi connectivity index (χ3n) is 4.48. The Labute approximate surface area is 168 Å². The maximum Gasteiger partial charge on any atom is 0.397 e. The number of piperazine rings is 1. The smallest absolute Gasteiger partial charge is 0.368 e. The van der Waals surface area contributed by atoms with Crippen molar-refractivity contribution in [2.45, 2.75) is 25.9 Å². The quantitative estimate of drug-likeness (QED) is 0.724. The van der Waals surface area contributed by atoms with E-state index in [1.165, 1.54) is 16.2 Å². The van der Waals surface area contributed by atoms with Crippen molar-refractivity contribution in [1.29, 1.82) is 0 Å². The van der Waals surface area contributed by atoms with Gasteiger partial charge in [-0.15, -0.1) is 11.3 Å². The van der Waals surface area contributed by atoms with Crippen LogP contribution in [-0.4, -0.2) is 65.6 Å². The maximum absolute atomic E-state index is 12.5. The van der Waals surface area contributed by atoms with Crippen LogP contribution in [0, 0.1) is 0 Å². The first-order valence-electron chi connectivity index (χ1n) is 9.08. The van der Waals surface area contributed by atoms with Crippen LogP contribution in [-0.2, 0) is 16.0 Å². The van der Waals surface area contributed by atoms with Crippen molar-refractivity contribution >= 4 is 45.1 Å². The summed E-state index contributed by atoms with van der Waals surface area (Å²) in [7, 11) is 0. The number of primary amides is 1. The number of nitrogens with one attached hydrogen (secondary N) is 1. The van der Waals surface area contributed by atoms with E-state index < -0.39 is 24.4 Å². The van der Waals surface area contributed by atoms with Crippen molar-refractivity contribution in [3.05, 3.63) is 10.9 Å². The van der Waals surface area contributed by atoms with Crippen molar-refractivity contribution in [3.63, 3.8) is 0 Å². The van der Waals surface area contributed by atoms with Crippen LogP contribution in [0.3, 0.4) is 0 Å². The Balaban J connectivity index is 1.80. The predicted octanol–water partition coefficient (Wildman–Crippen LogP) is 1.75. The van der Waals surface area contributed by atoms with Crippen molar-refractivity contribution in [3.8, 4) is 0 Å². The molecule has 0 atom stereocenters. The van der Waals surface area contributed by atoms with Gasteiger partial charge in [0.25, 0.3) is 0 Å². The molecule has 0 radical (unpaired) electrons. The molecule has 29 heavy (non-hydrogen) atoms. The molecule has 1 aliphatic rings. The van der Waals surface area contributed by atoms with Gasteiger partial charge in [-0.25, -0.2) is 4.98 Å². The third kappa shape index (κ3) is 5.25. The molecule has 0 aliphatic carbocycles. The zero-order chi connectivity index (χ0) is 21.2. The molecule has 3 rings (SSSR count). The molecule has 1 aliphatic heterocycles. The highest BCUT2D eigenvalue weighted by Crippen LogP contribution is 2.33. The summed E-state index contributed by atoms with van der Waals surface area (Å²) in [6.07, 6.45) is -5.14. The molecule has 3 heterocycles. The van der Waals surface area contributed by atoms with E-state index in [1.807, 2.05) is 17.9 Å². The lowest BCUT2D eigenvalue weighted by atomic mass is 10.2. The number of hydrogen-bond donors (Lipinski definition) is 2. The van der Waals surface area contributed by atoms with Gasteiger partial charge in [0.05, 0.1) is 11.9 Å². The van der Waals surface area contributed by atoms with Gasteiger partial charge in [-0.3, -0.25) is 9.59 Å². The first kappa shape index (κ1) is 21.1. The molecule has 0 unspecified atom stereocenters. The Kier molecular flexibility index (Phi) is 6.10. The number of halogens is 3. The Morgan fingerprint density at radius 1 is 1.24 bits per heavy atom. The molecule has 3 N–H and O–H groups in total. The van der Waals surface area contributed by atoms with Gasteiger partial charge in [0.15, 0.2) is 0 Å². The first-order valence-corrected chi connectivity index (χ1v) is 9.90. The zero-order valence-corrected chi connectivity index (χ0v) is 16.6. The second-order valence-corrected chi connectivity index (χ2v) is 7.75. The molecule has 2 aromatic heterocycles. The number of carbonyl (C=O) groups excluding carboxylic acids is 2. The Morgan fingerprint density at radius 2 is 1.93 bits per heavy atom. The second-order valence-electron chi connectivity index (χ2n) is 6.64. The SMILES string of the molecule is CCc1cc2c(N3CCN(C(=O)CC(F)(F)F)CC3)nc(NCC(N)=O)nc2s1. The molecule has 158 valence electrons. The predicted molar refractivity (Wildman–Crippen MR) is 104 cm³/mol. The minimum absolute atomic E-state index is 0.114. The maximum atomic E-state index is 12.5. The van der Waals surface area contributed by atoms with Gasteiger partial charge in [0.1, 0.15) is 17.1 Å². The topological polar surface area (TPSA) is 104 Å². The fourth-order valence-corrected chi connectivity index (χ4v) is 4.03. The highest BCUT2D eigenvalue weighted by atomic mass is 32.1. The van der Waals surface area contributed by atoms with Gasteiger partial charge in [-0.2, -0.15) is 18.2 Å². The van der Waals surface area contributed by atoms with Crippen LogP contribution in [0.4, 0.5) is 24.9 Å². The zero-order valence-electron chi connectivity index (χ0n) is 15.8. The molecule has 1 saturated heterocycles. The van der Waals surface area contributed by atoms with E-state index in [2.05, 4.69) is 15.3 Å². The van der Waals surface area contributed by atoms with Crippen LogP contribution in [0.5, 0.6) is 0 Å². The number of alkyl halides is 3. The van der Waals surface area contributed by atoms with Crippen molar-refractivity contribution in [1.82, 2.24) is 14.9 Å². The van der Waals surface area contributed by atoms with Crippen LogP contribution < -0.4 is 16.0 Å². The van der Waals surface area contributed by atoms with Crippen molar-refractivity contribution in [2.24, 2.45) is 5.73 Å². The number of carbonyl (C=O) groups is 2. The normalized spacial score (nSPS) is 15.0. The van der Waals surface area contributed by atoms with Gasteiger partial charge in [0, 0.05) is 31.1 Å². The van der Waals surface area contributed by atoms with E-state index in [0.29, 0.717) is 18.9 Å². The Hall–Kier alpha value is -2.63. The number of amides is 2. The molecule has 0 aromatic carbocycles. The van der Waals surface area contributed by atoms with Gasteiger partial charge >= 0.3 is 6.18 Å². The summed E-state index contributed by atoms with van der Waals surface area (Å²) in [5.74, 6) is -0.586. The molecule has 0 bridgehead atoms. The van der Waals surface area contributed by atoms with Crippen LogP contribution in [0.2, 0.25) is 0 Å². The molecule has 2 amide bonds. The molecule has 8 nitrogen and oxygen atoms in total. The molecule has 2 aromatic rings. The van der Waals surface area contributed by atoms with Crippen LogP contribution in [0.15, 0.2) is 6.07 Å². The first-order chi connectivity index (χ1) is 13.7. The highest BCUT2D eigenvalue weighted by molar-refractivity contribution is 7.18. The largest absolute Gasteiger partial charge is 0.397 e. The average Bonchev–Trinajstić information content (AvgIpc) is 3.07. The molecule has 0 spiro atoms. The van der Waals surface area contributed by atoms with E-state index in [1.54, 1.807) is 0 Å². The summed E-state index contributed by atoms with van der Waals surface area (Å²) < 4.78 is 37.4. The minimum Gasteiger partial charge on any atom is -0.368 e. The number of aryl methyl sites for hydroxylation is 1. The second kappa shape index (κ2) is 8.39. The van der Waals surface area contributed by atoms with Gasteiger partial charge in [0.2, 0.25) is 17.8 Å². The third-order valence-corrected chi connectivity index (χ3v) is 5.65. The van der Waals surface area contributed by atoms with Gasteiger partial charge in [-0.05, 0) is 12.5 Å². The summed E-state index contributed by atoms with van der Waals surface area (Å²) >= 11 is 1.51. The number of nitrogens with zero attached hydrogens (tertiary/aromatic N) is 4. The number of anilines is 2. The number of aromatic nitrogens is 2. The van der Waals surface area contributed by atoms with Crippen LogP contribution in [0.25, 0.3) is 10.2 Å². The summed E-state index contributed by atoms with van der Waals surface area (Å²) in [4.78, 5) is 36.8. The number of thiophene rings is 1. The Bertz CT molecular complexity index is 908. The molecular weight excluding hydrogens is 409 g/mol. The molecule has 0 saturated carbocycles. The fourth-order valence-electron chi connectivity index (χ4n) is 3.07. The van der Waals surface area contributed by atoms with E-state index in [9.17, 15) is 22.8 Å². The monoisotopic (exact) mass is 430 g/mol. The van der Waals surface area contributed by atoms with Crippen molar-refractivity contribution in [2.75, 3.05) is 42.9 Å². The number of fused-ring (bicyclic) bond motifs is 1. The summed E-state index contributed by atoms with van der Waals surface area (Å²) in [5, 5.41) is 3.63. The lowest BCUT2D eigenvalue weighted by Crippen LogP contribution is -2.49. The van der Waals surface area contributed by atoms with Gasteiger partial charge < -0.3 is 20.9 Å². The lowest BCUT2D eigenvalue weighted by Gasteiger charge is -2.36. The number of hydrogen-bond acceptors (Lipinski definition) is 7. The highest BCUT2D eigenvalue weighted by Gasteiger charge is 2.34. The van der Waals surface area contributed by atoms with E-state index in [-0.39, 0.29) is 25.6 Å². The standard InChI is InChI=1S/C17H21F3N6O2S/c1-2-10-7-11-14(23-16(22-9-12(21)27)24-15(11)29-10)26-5-3-25(4-6-26)13(28)8-17(18,19)20/h7H,2-6,8-9H2,1H3,(H2,21,27)(H,22,23,24). The Morgan fingerprint density at radius 3 is 2.52 bits per heavy atom. The van der Waals surface area contributed by atoms with E-state index >= 15 is 0 Å². The minimum atomic E-state index is -4.51. The number of rotatable bonds is 6. The van der Waals surface area contributed by atoms with Crippen LogP contribution >= 0.6 is 11.3 Å². The fraction of sp³-hybridized carbons (Fsp3) is 0.529. The average molecular weight is 430 g/mol. The summed E-state index contributed by atoms with van der Waals surface area (Å²) in [6.45, 7) is 2.96. The lowest BCUT2D eigenvalue weighted by molar-refractivity contribution is -0.161. The van der Waals surface area contributed by atoms with Crippen molar-refractivity contribution < 1.29 is 22.8 Å². The number of nitrogens with two attached hydrogens (primary N) is 1. The molecule has 12 heteroatoms. The summed E-state index contributed by atoms with van der Waals surface area (Å²) in [5.41, 5.74) is 5.16. The summed E-state index contributed by atoms with van der Waals surface area (Å²) in [6, 6.07) is 1.99. The molecular formula is C17H21F3N6O2S. The van der Waals surface area contributed by atoms with Crippen LogP contribution in [0.1, 0.15) is 18.2 Å². The van der Waals surface area contributed by atoms with Gasteiger partial charge in [-0.1, -0.05) is 6.92 Å². The van der Waals surface area contributed by atoms with E-state index in [4.69, 9.17) is 5.73 Å². The molecule has 1 fully saturated rings. The van der Waals surface area contributed by atoms with E-state index in [0.717, 1.165) is 21.5 Å².